The van der Waals surface area contributed by atoms with Crippen LogP contribution in [0.1, 0.15) is 19.5 Å². The summed E-state index contributed by atoms with van der Waals surface area (Å²) in [7, 11) is 0. The third-order valence-electron chi connectivity index (χ3n) is 2.02. The summed E-state index contributed by atoms with van der Waals surface area (Å²) in [6, 6.07) is 4.00. The van der Waals surface area contributed by atoms with Crippen LogP contribution in [0.4, 0.5) is 0 Å². The molecule has 0 radical (unpaired) electrons. The number of rotatable bonds is 3. The molecule has 0 saturated carbocycles. The van der Waals surface area contributed by atoms with E-state index in [1.54, 1.807) is 11.3 Å². The zero-order valence-electron chi connectivity index (χ0n) is 8.95. The van der Waals surface area contributed by atoms with Crippen LogP contribution < -0.4 is 5.73 Å². The van der Waals surface area contributed by atoms with Gasteiger partial charge in [0.1, 0.15) is 5.01 Å². The Morgan fingerprint density at radius 1 is 1.53 bits per heavy atom. The highest BCUT2D eigenvalue weighted by molar-refractivity contribution is 7.13. The van der Waals surface area contributed by atoms with Crippen molar-refractivity contribution in [2.75, 3.05) is 0 Å². The molecule has 0 amide bonds. The number of nitrogens with zero attached hydrogens (tertiary/aromatic N) is 1. The van der Waals surface area contributed by atoms with Gasteiger partial charge in [0.05, 0.1) is 11.4 Å². The highest BCUT2D eigenvalue weighted by Crippen LogP contribution is 2.23. The van der Waals surface area contributed by atoms with Gasteiger partial charge in [-0.3, -0.25) is 0 Å². The van der Waals surface area contributed by atoms with Gasteiger partial charge in [-0.05, 0) is 26.0 Å². The Morgan fingerprint density at radius 3 is 2.93 bits per heavy atom. The summed E-state index contributed by atoms with van der Waals surface area (Å²) >= 11 is 1.65. The van der Waals surface area contributed by atoms with Crippen LogP contribution >= 0.6 is 11.3 Å². The van der Waals surface area contributed by atoms with E-state index >= 15 is 0 Å². The molecule has 2 aromatic heterocycles. The lowest BCUT2D eigenvalue weighted by atomic mass is 10.0. The topological polar surface area (TPSA) is 54.7 Å². The number of aromatic amines is 1. The maximum absolute atomic E-state index is 5.95. The summed E-state index contributed by atoms with van der Waals surface area (Å²) in [5.41, 5.74) is 7.90. The van der Waals surface area contributed by atoms with Crippen LogP contribution in [0.15, 0.2) is 23.7 Å². The molecule has 3 N–H and O–H groups in total. The van der Waals surface area contributed by atoms with Crippen molar-refractivity contribution in [3.63, 3.8) is 0 Å². The van der Waals surface area contributed by atoms with E-state index in [0.29, 0.717) is 0 Å². The molecule has 2 rings (SSSR count). The predicted molar refractivity (Wildman–Crippen MR) is 63.9 cm³/mol. The highest BCUT2D eigenvalue weighted by Gasteiger charge is 2.14. The Kier molecular flexibility index (Phi) is 2.63. The molecule has 0 bridgehead atoms. The first kappa shape index (κ1) is 10.4. The minimum absolute atomic E-state index is 0.193. The molecule has 3 nitrogen and oxygen atoms in total. The van der Waals surface area contributed by atoms with Crippen molar-refractivity contribution in [2.24, 2.45) is 5.73 Å². The summed E-state index contributed by atoms with van der Waals surface area (Å²) in [6.45, 7) is 4.03. The molecular weight excluding hydrogens is 206 g/mol. The summed E-state index contributed by atoms with van der Waals surface area (Å²) < 4.78 is 0. The molecule has 0 aliphatic rings. The molecule has 4 heteroatoms. The Morgan fingerprint density at radius 2 is 2.33 bits per heavy atom. The molecule has 2 aromatic rings. The summed E-state index contributed by atoms with van der Waals surface area (Å²) in [5.74, 6) is 0. The number of hydrogen-bond acceptors (Lipinski definition) is 3. The third-order valence-corrected chi connectivity index (χ3v) is 2.94. The van der Waals surface area contributed by atoms with Crippen molar-refractivity contribution in [2.45, 2.75) is 25.8 Å². The molecule has 0 aliphatic heterocycles. The van der Waals surface area contributed by atoms with Gasteiger partial charge in [-0.25, -0.2) is 4.98 Å². The molecule has 0 aromatic carbocycles. The fourth-order valence-electron chi connectivity index (χ4n) is 1.44. The van der Waals surface area contributed by atoms with Gasteiger partial charge in [0, 0.05) is 23.5 Å². The van der Waals surface area contributed by atoms with Crippen LogP contribution in [0.5, 0.6) is 0 Å². The van der Waals surface area contributed by atoms with Crippen LogP contribution in [-0.2, 0) is 6.42 Å². The Balaban J connectivity index is 2.18. The van der Waals surface area contributed by atoms with E-state index < -0.39 is 0 Å². The number of H-pyrrole nitrogens is 1. The lowest BCUT2D eigenvalue weighted by Gasteiger charge is -2.15. The van der Waals surface area contributed by atoms with Gasteiger partial charge in [0.2, 0.25) is 0 Å². The van der Waals surface area contributed by atoms with Crippen molar-refractivity contribution in [1.82, 2.24) is 9.97 Å². The second kappa shape index (κ2) is 3.79. The second-order valence-corrected chi connectivity index (χ2v) is 5.25. The van der Waals surface area contributed by atoms with Gasteiger partial charge < -0.3 is 10.7 Å². The molecule has 0 unspecified atom stereocenters. The molecule has 0 spiro atoms. The van der Waals surface area contributed by atoms with E-state index in [0.717, 1.165) is 22.8 Å². The normalized spacial score (nSPS) is 11.9. The summed E-state index contributed by atoms with van der Waals surface area (Å²) in [5, 5.41) is 3.10. The van der Waals surface area contributed by atoms with Gasteiger partial charge in [-0.15, -0.1) is 11.3 Å². The number of nitrogens with one attached hydrogen (secondary N) is 1. The average Bonchev–Trinajstić information content (AvgIpc) is 2.68. The van der Waals surface area contributed by atoms with Crippen LogP contribution in [0, 0.1) is 0 Å². The van der Waals surface area contributed by atoms with Crippen molar-refractivity contribution in [1.29, 1.82) is 0 Å². The Hall–Kier alpha value is -1.13. The van der Waals surface area contributed by atoms with Gasteiger partial charge >= 0.3 is 0 Å². The molecule has 0 atom stereocenters. The van der Waals surface area contributed by atoms with Crippen molar-refractivity contribution in [3.05, 3.63) is 29.4 Å². The third kappa shape index (κ3) is 2.67. The maximum atomic E-state index is 5.95. The standard InChI is InChI=1S/C11H15N3S/c1-11(2,12)6-8-7-15-10(14-8)9-4-3-5-13-9/h3-5,7,13H,6,12H2,1-2H3. The number of nitrogens with two attached hydrogens (primary N) is 1. The summed E-state index contributed by atoms with van der Waals surface area (Å²) in [4.78, 5) is 7.69. The first-order chi connectivity index (χ1) is 7.04. The van der Waals surface area contributed by atoms with Gasteiger partial charge in [-0.2, -0.15) is 0 Å². The second-order valence-electron chi connectivity index (χ2n) is 4.39. The molecule has 2 heterocycles. The Labute approximate surface area is 93.4 Å². The number of hydrogen-bond donors (Lipinski definition) is 2. The molecular formula is C11H15N3S. The predicted octanol–water partition coefficient (Wildman–Crippen LogP) is 2.42. The quantitative estimate of drug-likeness (QED) is 0.836. The minimum atomic E-state index is -0.193. The van der Waals surface area contributed by atoms with Crippen molar-refractivity contribution < 1.29 is 0 Å². The van der Waals surface area contributed by atoms with Crippen LogP contribution in [0.3, 0.4) is 0 Å². The smallest absolute Gasteiger partial charge is 0.139 e. The van der Waals surface area contributed by atoms with Gasteiger partial charge in [0.25, 0.3) is 0 Å². The summed E-state index contributed by atoms with van der Waals surface area (Å²) in [6.07, 6.45) is 2.72. The SMILES string of the molecule is CC(C)(N)Cc1csc(-c2ccc[nH]2)n1. The number of thiazole rings is 1. The molecule has 15 heavy (non-hydrogen) atoms. The number of aromatic nitrogens is 2. The highest BCUT2D eigenvalue weighted by atomic mass is 32.1. The monoisotopic (exact) mass is 221 g/mol. The van der Waals surface area contributed by atoms with Crippen LogP contribution in [0.25, 0.3) is 10.7 Å². The van der Waals surface area contributed by atoms with Gasteiger partial charge in [-0.1, -0.05) is 0 Å². The van der Waals surface area contributed by atoms with Crippen molar-refractivity contribution >= 4 is 11.3 Å². The van der Waals surface area contributed by atoms with E-state index in [9.17, 15) is 0 Å². The van der Waals surface area contributed by atoms with E-state index in [1.807, 2.05) is 32.2 Å². The fraction of sp³-hybridized carbons (Fsp3) is 0.364. The largest absolute Gasteiger partial charge is 0.359 e. The first-order valence-corrected chi connectivity index (χ1v) is 5.80. The van der Waals surface area contributed by atoms with Crippen LogP contribution in [-0.4, -0.2) is 15.5 Å². The minimum Gasteiger partial charge on any atom is -0.359 e. The van der Waals surface area contributed by atoms with E-state index in [2.05, 4.69) is 15.3 Å². The zero-order valence-corrected chi connectivity index (χ0v) is 9.77. The zero-order chi connectivity index (χ0) is 10.9. The van der Waals surface area contributed by atoms with E-state index in [4.69, 9.17) is 5.73 Å². The maximum Gasteiger partial charge on any atom is 0.139 e. The Bertz CT molecular complexity index is 423. The lowest BCUT2D eigenvalue weighted by Crippen LogP contribution is -2.34. The van der Waals surface area contributed by atoms with Crippen molar-refractivity contribution in [3.8, 4) is 10.7 Å². The van der Waals surface area contributed by atoms with E-state index in [-0.39, 0.29) is 5.54 Å². The van der Waals surface area contributed by atoms with E-state index in [1.165, 1.54) is 0 Å². The molecule has 80 valence electrons. The average molecular weight is 221 g/mol. The fourth-order valence-corrected chi connectivity index (χ4v) is 2.25. The van der Waals surface area contributed by atoms with Crippen LogP contribution in [0.2, 0.25) is 0 Å². The molecule has 0 saturated heterocycles. The lowest BCUT2D eigenvalue weighted by molar-refractivity contribution is 0.511. The molecule has 0 aliphatic carbocycles. The first-order valence-electron chi connectivity index (χ1n) is 4.92. The van der Waals surface area contributed by atoms with Gasteiger partial charge in [0.15, 0.2) is 0 Å². The molecule has 0 fully saturated rings.